The van der Waals surface area contributed by atoms with Gasteiger partial charge in [0, 0.05) is 24.7 Å². The summed E-state index contributed by atoms with van der Waals surface area (Å²) in [4.78, 5) is 14.4. The first kappa shape index (κ1) is 14.6. The Balaban J connectivity index is 0.00000133. The molecule has 1 amide bonds. The standard InChI is InChI=1S/C14H17ClN2O.ClH/c15-12-4-1-3-10(7-12)13-5-2-6-17(13)14(18)11-8-16-9-11;/h1,3-4,7,11,13,16H,2,5-6,8-9H2;1H. The molecule has 1 N–H and O–H groups in total. The van der Waals surface area contributed by atoms with Gasteiger partial charge in [0.2, 0.25) is 5.91 Å². The monoisotopic (exact) mass is 300 g/mol. The van der Waals surface area contributed by atoms with Gasteiger partial charge in [0.05, 0.1) is 12.0 Å². The minimum Gasteiger partial charge on any atom is -0.335 e. The summed E-state index contributed by atoms with van der Waals surface area (Å²) >= 11 is 6.04. The lowest BCUT2D eigenvalue weighted by atomic mass is 9.99. The number of carbonyl (C=O) groups is 1. The van der Waals surface area contributed by atoms with Crippen LogP contribution in [-0.4, -0.2) is 30.4 Å². The normalized spacial score (nSPS) is 22.8. The Morgan fingerprint density at radius 3 is 2.79 bits per heavy atom. The molecule has 0 aromatic heterocycles. The Bertz CT molecular complexity index is 463. The van der Waals surface area contributed by atoms with E-state index in [9.17, 15) is 4.79 Å². The molecule has 3 rings (SSSR count). The fourth-order valence-corrected chi connectivity index (χ4v) is 2.99. The molecule has 3 nitrogen and oxygen atoms in total. The molecule has 1 atom stereocenters. The van der Waals surface area contributed by atoms with E-state index in [0.29, 0.717) is 5.91 Å². The Morgan fingerprint density at radius 1 is 1.37 bits per heavy atom. The number of hydrogen-bond donors (Lipinski definition) is 1. The first-order chi connectivity index (χ1) is 8.75. The number of likely N-dealkylation sites (tertiary alicyclic amines) is 1. The zero-order chi connectivity index (χ0) is 12.5. The lowest BCUT2D eigenvalue weighted by molar-refractivity contribution is -0.138. The van der Waals surface area contributed by atoms with Gasteiger partial charge in [-0.05, 0) is 30.5 Å². The molecule has 0 radical (unpaired) electrons. The van der Waals surface area contributed by atoms with Crippen molar-refractivity contribution in [1.29, 1.82) is 0 Å². The van der Waals surface area contributed by atoms with E-state index in [0.717, 1.165) is 37.5 Å². The van der Waals surface area contributed by atoms with Gasteiger partial charge in [-0.3, -0.25) is 4.79 Å². The second kappa shape index (κ2) is 6.12. The highest BCUT2D eigenvalue weighted by molar-refractivity contribution is 6.30. The van der Waals surface area contributed by atoms with Crippen molar-refractivity contribution in [2.45, 2.75) is 18.9 Å². The van der Waals surface area contributed by atoms with Gasteiger partial charge >= 0.3 is 0 Å². The van der Waals surface area contributed by atoms with Crippen LogP contribution in [0.1, 0.15) is 24.4 Å². The topological polar surface area (TPSA) is 32.3 Å². The van der Waals surface area contributed by atoms with Gasteiger partial charge in [-0.2, -0.15) is 0 Å². The lowest BCUT2D eigenvalue weighted by Gasteiger charge is -2.33. The molecule has 1 aromatic rings. The van der Waals surface area contributed by atoms with E-state index in [4.69, 9.17) is 11.6 Å². The number of nitrogens with one attached hydrogen (secondary N) is 1. The number of rotatable bonds is 2. The maximum atomic E-state index is 12.3. The third kappa shape index (κ3) is 2.88. The average Bonchev–Trinajstić information content (AvgIpc) is 2.75. The van der Waals surface area contributed by atoms with Crippen LogP contribution < -0.4 is 5.32 Å². The second-order valence-corrected chi connectivity index (χ2v) is 5.54. The van der Waals surface area contributed by atoms with Crippen LogP contribution in [-0.2, 0) is 4.79 Å². The minimum absolute atomic E-state index is 0. The van der Waals surface area contributed by atoms with Crippen molar-refractivity contribution in [3.8, 4) is 0 Å². The zero-order valence-corrected chi connectivity index (χ0v) is 12.2. The molecular formula is C14H18Cl2N2O. The predicted octanol–water partition coefficient (Wildman–Crippen LogP) is 2.64. The largest absolute Gasteiger partial charge is 0.335 e. The third-order valence-corrected chi connectivity index (χ3v) is 4.14. The van der Waals surface area contributed by atoms with Crippen LogP contribution in [0.25, 0.3) is 0 Å². The van der Waals surface area contributed by atoms with Gasteiger partial charge < -0.3 is 10.2 Å². The van der Waals surface area contributed by atoms with E-state index < -0.39 is 0 Å². The van der Waals surface area contributed by atoms with Gasteiger partial charge in [0.25, 0.3) is 0 Å². The number of benzene rings is 1. The molecule has 1 aromatic carbocycles. The number of halogens is 2. The van der Waals surface area contributed by atoms with Crippen molar-refractivity contribution in [1.82, 2.24) is 10.2 Å². The molecule has 104 valence electrons. The quantitative estimate of drug-likeness (QED) is 0.911. The van der Waals surface area contributed by atoms with E-state index in [1.807, 2.05) is 23.1 Å². The number of carbonyl (C=O) groups excluding carboxylic acids is 1. The summed E-state index contributed by atoms with van der Waals surface area (Å²) in [5.41, 5.74) is 1.17. The molecule has 2 saturated heterocycles. The maximum Gasteiger partial charge on any atom is 0.228 e. The molecule has 2 fully saturated rings. The number of nitrogens with zero attached hydrogens (tertiary/aromatic N) is 1. The molecule has 0 saturated carbocycles. The Labute approximate surface area is 124 Å². The molecule has 0 aliphatic carbocycles. The Morgan fingerprint density at radius 2 is 2.16 bits per heavy atom. The third-order valence-electron chi connectivity index (χ3n) is 3.90. The summed E-state index contributed by atoms with van der Waals surface area (Å²) in [5.74, 6) is 0.487. The van der Waals surface area contributed by atoms with E-state index >= 15 is 0 Å². The molecule has 2 heterocycles. The smallest absolute Gasteiger partial charge is 0.228 e. The summed E-state index contributed by atoms with van der Waals surface area (Å²) < 4.78 is 0. The van der Waals surface area contributed by atoms with Crippen molar-refractivity contribution in [2.24, 2.45) is 5.92 Å². The van der Waals surface area contributed by atoms with Gasteiger partial charge in [0.15, 0.2) is 0 Å². The molecule has 2 aliphatic rings. The minimum atomic E-state index is 0. The van der Waals surface area contributed by atoms with Crippen molar-refractivity contribution in [2.75, 3.05) is 19.6 Å². The molecule has 5 heteroatoms. The van der Waals surface area contributed by atoms with E-state index in [-0.39, 0.29) is 24.4 Å². The van der Waals surface area contributed by atoms with Gasteiger partial charge in [0.1, 0.15) is 0 Å². The van der Waals surface area contributed by atoms with Crippen LogP contribution in [0.5, 0.6) is 0 Å². The van der Waals surface area contributed by atoms with Gasteiger partial charge in [-0.25, -0.2) is 0 Å². The van der Waals surface area contributed by atoms with Crippen molar-refractivity contribution >= 4 is 29.9 Å². The van der Waals surface area contributed by atoms with E-state index in [1.165, 1.54) is 5.56 Å². The van der Waals surface area contributed by atoms with Crippen molar-refractivity contribution < 1.29 is 4.79 Å². The number of hydrogen-bond acceptors (Lipinski definition) is 2. The van der Waals surface area contributed by atoms with Crippen LogP contribution in [0.4, 0.5) is 0 Å². The molecular weight excluding hydrogens is 283 g/mol. The predicted molar refractivity (Wildman–Crippen MR) is 78.7 cm³/mol. The van der Waals surface area contributed by atoms with Crippen LogP contribution in [0.15, 0.2) is 24.3 Å². The van der Waals surface area contributed by atoms with Crippen LogP contribution >= 0.6 is 24.0 Å². The zero-order valence-electron chi connectivity index (χ0n) is 10.6. The van der Waals surface area contributed by atoms with Crippen molar-refractivity contribution in [3.05, 3.63) is 34.9 Å². The molecule has 19 heavy (non-hydrogen) atoms. The summed E-state index contributed by atoms with van der Waals surface area (Å²) in [6.07, 6.45) is 2.13. The highest BCUT2D eigenvalue weighted by Crippen LogP contribution is 2.34. The SMILES string of the molecule is Cl.O=C(C1CNC1)N1CCCC1c1cccc(Cl)c1. The van der Waals surface area contributed by atoms with E-state index in [1.54, 1.807) is 0 Å². The Hall–Kier alpha value is -0.770. The fraction of sp³-hybridized carbons (Fsp3) is 0.500. The fourth-order valence-electron chi connectivity index (χ4n) is 2.79. The van der Waals surface area contributed by atoms with Crippen LogP contribution in [0.3, 0.4) is 0 Å². The lowest BCUT2D eigenvalue weighted by Crippen LogP contribution is -2.51. The molecule has 0 spiro atoms. The van der Waals surface area contributed by atoms with Crippen molar-refractivity contribution in [3.63, 3.8) is 0 Å². The first-order valence-corrected chi connectivity index (χ1v) is 6.90. The summed E-state index contributed by atoms with van der Waals surface area (Å²) in [6.45, 7) is 2.54. The van der Waals surface area contributed by atoms with E-state index in [2.05, 4.69) is 11.4 Å². The van der Waals surface area contributed by atoms with Crippen LogP contribution in [0, 0.1) is 5.92 Å². The highest BCUT2D eigenvalue weighted by atomic mass is 35.5. The maximum absolute atomic E-state index is 12.3. The van der Waals surface area contributed by atoms with Gasteiger partial charge in [-0.1, -0.05) is 23.7 Å². The summed E-state index contributed by atoms with van der Waals surface area (Å²) in [6, 6.07) is 8.11. The average molecular weight is 301 g/mol. The second-order valence-electron chi connectivity index (χ2n) is 5.10. The summed E-state index contributed by atoms with van der Waals surface area (Å²) in [7, 11) is 0. The molecule has 0 bridgehead atoms. The highest BCUT2D eigenvalue weighted by Gasteiger charge is 2.36. The summed E-state index contributed by atoms with van der Waals surface area (Å²) in [5, 5.41) is 3.91. The number of amides is 1. The molecule has 1 unspecified atom stereocenters. The van der Waals surface area contributed by atoms with Gasteiger partial charge in [-0.15, -0.1) is 12.4 Å². The Kier molecular flexibility index (Phi) is 4.71. The van der Waals surface area contributed by atoms with Crippen LogP contribution in [0.2, 0.25) is 5.02 Å². The first-order valence-electron chi connectivity index (χ1n) is 6.52. The molecule has 2 aliphatic heterocycles.